The zero-order valence-electron chi connectivity index (χ0n) is 7.35. The maximum Gasteiger partial charge on any atom is 0.146 e. The van der Waals surface area contributed by atoms with Crippen LogP contribution in [0.3, 0.4) is 0 Å². The van der Waals surface area contributed by atoms with E-state index in [0.717, 1.165) is 37.1 Å². The van der Waals surface area contributed by atoms with E-state index in [1.165, 1.54) is 6.07 Å². The Kier molecular flexibility index (Phi) is 3.55. The first-order chi connectivity index (χ1) is 5.88. The minimum absolute atomic E-state index is 0. The second kappa shape index (κ2) is 4.47. The summed E-state index contributed by atoms with van der Waals surface area (Å²) in [6.45, 7) is 0.897. The molecule has 1 aliphatic rings. The summed E-state index contributed by atoms with van der Waals surface area (Å²) in [4.78, 5) is 0. The minimum atomic E-state index is -0.116. The average Bonchev–Trinajstić information content (AvgIpc) is 2.30. The number of fused-ring (bicyclic) bond motifs is 1. The van der Waals surface area contributed by atoms with E-state index in [4.69, 9.17) is 0 Å². The van der Waals surface area contributed by atoms with Crippen LogP contribution in [-0.4, -0.2) is 6.54 Å². The van der Waals surface area contributed by atoms with Gasteiger partial charge in [0.05, 0.1) is 5.69 Å². The topological polar surface area (TPSA) is 12.0 Å². The van der Waals surface area contributed by atoms with Gasteiger partial charge in [-0.1, -0.05) is 12.1 Å². The van der Waals surface area contributed by atoms with Gasteiger partial charge in [0, 0.05) is 6.54 Å². The number of aryl methyl sites for hydroxylation is 1. The van der Waals surface area contributed by atoms with Crippen molar-refractivity contribution in [2.75, 3.05) is 11.9 Å². The van der Waals surface area contributed by atoms with Gasteiger partial charge in [-0.15, -0.1) is 12.4 Å². The predicted molar refractivity (Wildman–Crippen MR) is 55.1 cm³/mol. The monoisotopic (exact) mass is 201 g/mol. The maximum absolute atomic E-state index is 13.2. The molecule has 0 radical (unpaired) electrons. The van der Waals surface area contributed by atoms with Crippen molar-refractivity contribution >= 4 is 18.1 Å². The lowest BCUT2D eigenvalue weighted by Gasteiger charge is -2.07. The number of para-hydroxylation sites is 1. The van der Waals surface area contributed by atoms with E-state index in [2.05, 4.69) is 5.32 Å². The molecule has 1 N–H and O–H groups in total. The molecule has 2 rings (SSSR count). The Labute approximate surface area is 83.8 Å². The largest absolute Gasteiger partial charge is 0.382 e. The Morgan fingerprint density at radius 2 is 2.08 bits per heavy atom. The Morgan fingerprint density at radius 3 is 2.92 bits per heavy atom. The standard InChI is InChI=1S/C10H12FN.ClH/c11-9-6-3-5-8-4-1-2-7-12-10(8)9;/h3,5-6,12H,1-2,4,7H2;1H. The Bertz CT molecular complexity index is 288. The predicted octanol–water partition coefficient (Wildman–Crippen LogP) is 3.00. The summed E-state index contributed by atoms with van der Waals surface area (Å²) >= 11 is 0. The van der Waals surface area contributed by atoms with E-state index in [-0.39, 0.29) is 18.2 Å². The van der Waals surface area contributed by atoms with Crippen LogP contribution in [-0.2, 0) is 6.42 Å². The molecule has 72 valence electrons. The summed E-state index contributed by atoms with van der Waals surface area (Å²) in [5.41, 5.74) is 1.84. The molecule has 1 aromatic carbocycles. The molecule has 0 aliphatic carbocycles. The fourth-order valence-electron chi connectivity index (χ4n) is 1.63. The summed E-state index contributed by atoms with van der Waals surface area (Å²) in [5, 5.41) is 3.12. The molecule has 0 saturated carbocycles. The van der Waals surface area contributed by atoms with Gasteiger partial charge in [0.15, 0.2) is 0 Å². The highest BCUT2D eigenvalue weighted by molar-refractivity contribution is 5.85. The Balaban J connectivity index is 0.000000845. The molecule has 0 saturated heterocycles. The van der Waals surface area contributed by atoms with Gasteiger partial charge in [-0.25, -0.2) is 4.39 Å². The van der Waals surface area contributed by atoms with Crippen molar-refractivity contribution in [2.24, 2.45) is 0 Å². The molecule has 1 heterocycles. The second-order valence-electron chi connectivity index (χ2n) is 3.16. The quantitative estimate of drug-likeness (QED) is 0.681. The van der Waals surface area contributed by atoms with Gasteiger partial charge in [0.25, 0.3) is 0 Å². The van der Waals surface area contributed by atoms with Crippen LogP contribution >= 0.6 is 12.4 Å². The molecule has 1 nitrogen and oxygen atoms in total. The molecule has 0 fully saturated rings. The number of nitrogens with one attached hydrogen (secondary N) is 1. The Morgan fingerprint density at radius 1 is 1.23 bits per heavy atom. The van der Waals surface area contributed by atoms with E-state index in [1.54, 1.807) is 6.07 Å². The van der Waals surface area contributed by atoms with Crippen molar-refractivity contribution in [1.29, 1.82) is 0 Å². The van der Waals surface area contributed by atoms with Gasteiger partial charge in [0.2, 0.25) is 0 Å². The first-order valence-electron chi connectivity index (χ1n) is 4.39. The maximum atomic E-state index is 13.2. The highest BCUT2D eigenvalue weighted by Gasteiger charge is 2.09. The smallest absolute Gasteiger partial charge is 0.146 e. The molecule has 13 heavy (non-hydrogen) atoms. The van der Waals surface area contributed by atoms with Crippen molar-refractivity contribution in [3.63, 3.8) is 0 Å². The van der Waals surface area contributed by atoms with E-state index >= 15 is 0 Å². The van der Waals surface area contributed by atoms with Crippen molar-refractivity contribution in [3.05, 3.63) is 29.6 Å². The zero-order chi connectivity index (χ0) is 8.39. The lowest BCUT2D eigenvalue weighted by molar-refractivity contribution is 0.629. The fourth-order valence-corrected chi connectivity index (χ4v) is 1.63. The molecule has 3 heteroatoms. The number of hydrogen-bond acceptors (Lipinski definition) is 1. The van der Waals surface area contributed by atoms with Gasteiger partial charge < -0.3 is 5.32 Å². The van der Waals surface area contributed by atoms with Crippen LogP contribution in [0, 0.1) is 5.82 Å². The van der Waals surface area contributed by atoms with Gasteiger partial charge in [-0.2, -0.15) is 0 Å². The lowest BCUT2D eigenvalue weighted by atomic mass is 10.1. The summed E-state index contributed by atoms with van der Waals surface area (Å²) in [6, 6.07) is 5.29. The van der Waals surface area contributed by atoms with Gasteiger partial charge >= 0.3 is 0 Å². The van der Waals surface area contributed by atoms with E-state index in [0.29, 0.717) is 0 Å². The number of anilines is 1. The highest BCUT2D eigenvalue weighted by Crippen LogP contribution is 2.23. The summed E-state index contributed by atoms with van der Waals surface area (Å²) in [7, 11) is 0. The number of benzene rings is 1. The molecule has 0 amide bonds. The number of hydrogen-bond donors (Lipinski definition) is 1. The second-order valence-corrected chi connectivity index (χ2v) is 3.16. The molecule has 0 unspecified atom stereocenters. The summed E-state index contributed by atoms with van der Waals surface area (Å²) in [5.74, 6) is -0.116. The fraction of sp³-hybridized carbons (Fsp3) is 0.400. The summed E-state index contributed by atoms with van der Waals surface area (Å²) < 4.78 is 13.2. The van der Waals surface area contributed by atoms with Crippen LogP contribution in [0.15, 0.2) is 18.2 Å². The number of halogens is 2. The van der Waals surface area contributed by atoms with Crippen molar-refractivity contribution < 1.29 is 4.39 Å². The van der Waals surface area contributed by atoms with Crippen LogP contribution in [0.2, 0.25) is 0 Å². The number of rotatable bonds is 0. The van der Waals surface area contributed by atoms with Crippen molar-refractivity contribution in [1.82, 2.24) is 0 Å². The van der Waals surface area contributed by atoms with Crippen LogP contribution in [0.5, 0.6) is 0 Å². The van der Waals surface area contributed by atoms with Crippen LogP contribution < -0.4 is 5.32 Å². The van der Waals surface area contributed by atoms with E-state index in [1.807, 2.05) is 6.07 Å². The molecule has 0 spiro atoms. The zero-order valence-corrected chi connectivity index (χ0v) is 8.16. The third kappa shape index (κ3) is 2.13. The normalized spacial score (nSPS) is 14.8. The minimum Gasteiger partial charge on any atom is -0.382 e. The molecular weight excluding hydrogens is 189 g/mol. The molecule has 0 bridgehead atoms. The first kappa shape index (κ1) is 10.3. The van der Waals surface area contributed by atoms with Gasteiger partial charge in [-0.05, 0) is 30.9 Å². The van der Waals surface area contributed by atoms with Crippen molar-refractivity contribution in [2.45, 2.75) is 19.3 Å². The molecule has 0 aromatic heterocycles. The molecule has 0 atom stereocenters. The van der Waals surface area contributed by atoms with Crippen LogP contribution in [0.1, 0.15) is 18.4 Å². The highest BCUT2D eigenvalue weighted by atomic mass is 35.5. The van der Waals surface area contributed by atoms with Crippen molar-refractivity contribution in [3.8, 4) is 0 Å². The van der Waals surface area contributed by atoms with E-state index in [9.17, 15) is 4.39 Å². The van der Waals surface area contributed by atoms with Gasteiger partial charge in [-0.3, -0.25) is 0 Å². The third-order valence-corrected chi connectivity index (χ3v) is 2.27. The molecule has 1 aromatic rings. The third-order valence-electron chi connectivity index (χ3n) is 2.27. The SMILES string of the molecule is Cl.Fc1cccc2c1NCCCC2. The van der Waals surface area contributed by atoms with Gasteiger partial charge in [0.1, 0.15) is 5.82 Å². The average molecular weight is 202 g/mol. The van der Waals surface area contributed by atoms with Crippen LogP contribution in [0.4, 0.5) is 10.1 Å². The van der Waals surface area contributed by atoms with E-state index < -0.39 is 0 Å². The first-order valence-corrected chi connectivity index (χ1v) is 4.39. The van der Waals surface area contributed by atoms with Crippen LogP contribution in [0.25, 0.3) is 0 Å². The summed E-state index contributed by atoms with van der Waals surface area (Å²) in [6.07, 6.45) is 3.29. The lowest BCUT2D eigenvalue weighted by Crippen LogP contribution is -2.01. The molecule has 1 aliphatic heterocycles. The Hall–Kier alpha value is -0.760. The molecular formula is C10H13ClFN.